The molecule has 0 aliphatic carbocycles. The van der Waals surface area contributed by atoms with Gasteiger partial charge in [-0.2, -0.15) is 0 Å². The third-order valence-electron chi connectivity index (χ3n) is 5.94. The standard InChI is InChI=1S/C27H23Cl2NO5/c1-34-21-11-8-16(14-22(21)35-2)12-13-30-24(17-6-4-3-5-7-17)23(26(32)27(30)33)25(31)18-9-10-19(28)20(29)15-18/h3-11,14-15,24,31H,12-13H2,1-2H3/b25-23-. The minimum atomic E-state index is -0.759. The molecule has 1 aliphatic rings. The molecular formula is C27H23Cl2NO5. The summed E-state index contributed by atoms with van der Waals surface area (Å²) in [4.78, 5) is 27.8. The number of hydrogen-bond donors (Lipinski definition) is 1. The lowest BCUT2D eigenvalue weighted by Crippen LogP contribution is -2.31. The SMILES string of the molecule is COc1ccc(CCN2C(=O)C(=O)/C(=C(\O)c3ccc(Cl)c(Cl)c3)C2c2ccccc2)cc1OC. The maximum Gasteiger partial charge on any atom is 0.295 e. The molecule has 1 unspecified atom stereocenters. The van der Waals surface area contributed by atoms with Crippen LogP contribution in [0.2, 0.25) is 10.0 Å². The summed E-state index contributed by atoms with van der Waals surface area (Å²) in [6.07, 6.45) is 0.462. The number of benzene rings is 3. The number of Topliss-reactive ketones (excluding diaryl/α,β-unsaturated/α-hetero) is 1. The predicted molar refractivity (Wildman–Crippen MR) is 135 cm³/mol. The summed E-state index contributed by atoms with van der Waals surface area (Å²) in [5, 5.41) is 11.7. The van der Waals surface area contributed by atoms with Crippen LogP contribution >= 0.6 is 23.2 Å². The Kier molecular flexibility index (Phi) is 7.34. The molecule has 1 aliphatic heterocycles. The summed E-state index contributed by atoms with van der Waals surface area (Å²) < 4.78 is 10.7. The summed E-state index contributed by atoms with van der Waals surface area (Å²) in [5.41, 5.74) is 1.92. The van der Waals surface area contributed by atoms with Crippen LogP contribution in [-0.4, -0.2) is 42.5 Å². The minimum Gasteiger partial charge on any atom is -0.507 e. The highest BCUT2D eigenvalue weighted by Crippen LogP contribution is 2.40. The van der Waals surface area contributed by atoms with Gasteiger partial charge in [0.25, 0.3) is 11.7 Å². The van der Waals surface area contributed by atoms with E-state index in [9.17, 15) is 14.7 Å². The zero-order valence-electron chi connectivity index (χ0n) is 19.1. The van der Waals surface area contributed by atoms with Crippen LogP contribution < -0.4 is 9.47 Å². The van der Waals surface area contributed by atoms with Gasteiger partial charge in [-0.05, 0) is 47.9 Å². The van der Waals surface area contributed by atoms with E-state index in [4.69, 9.17) is 32.7 Å². The lowest BCUT2D eigenvalue weighted by atomic mass is 9.95. The molecule has 0 spiro atoms. The first-order valence-corrected chi connectivity index (χ1v) is 11.6. The lowest BCUT2D eigenvalue weighted by Gasteiger charge is -2.25. The van der Waals surface area contributed by atoms with Crippen molar-refractivity contribution < 1.29 is 24.2 Å². The fourth-order valence-corrected chi connectivity index (χ4v) is 4.48. The molecule has 8 heteroatoms. The molecule has 1 saturated heterocycles. The topological polar surface area (TPSA) is 76.1 Å². The molecule has 0 radical (unpaired) electrons. The van der Waals surface area contributed by atoms with Crippen LogP contribution in [0.15, 0.2) is 72.3 Å². The van der Waals surface area contributed by atoms with Gasteiger partial charge in [-0.1, -0.05) is 59.6 Å². The van der Waals surface area contributed by atoms with Crippen molar-refractivity contribution >= 4 is 40.7 Å². The van der Waals surface area contributed by atoms with Crippen molar-refractivity contribution in [2.45, 2.75) is 12.5 Å². The summed E-state index contributed by atoms with van der Waals surface area (Å²) in [6, 6.07) is 18.4. The van der Waals surface area contributed by atoms with Gasteiger partial charge in [-0.3, -0.25) is 9.59 Å². The fraction of sp³-hybridized carbons (Fsp3) is 0.185. The number of likely N-dealkylation sites (tertiary alicyclic amines) is 1. The van der Waals surface area contributed by atoms with Gasteiger partial charge >= 0.3 is 0 Å². The van der Waals surface area contributed by atoms with Crippen LogP contribution in [0.5, 0.6) is 11.5 Å². The third-order valence-corrected chi connectivity index (χ3v) is 6.68. The molecular weight excluding hydrogens is 489 g/mol. The van der Waals surface area contributed by atoms with Crippen molar-refractivity contribution in [2.75, 3.05) is 20.8 Å². The van der Waals surface area contributed by atoms with Crippen LogP contribution in [0.1, 0.15) is 22.7 Å². The third kappa shape index (κ3) is 4.85. The molecule has 4 rings (SSSR count). The van der Waals surface area contributed by atoms with E-state index in [1.165, 1.54) is 17.0 Å². The molecule has 0 saturated carbocycles. The monoisotopic (exact) mass is 511 g/mol. The van der Waals surface area contributed by atoms with E-state index in [0.717, 1.165) is 5.56 Å². The highest BCUT2D eigenvalue weighted by Gasteiger charge is 2.45. The lowest BCUT2D eigenvalue weighted by molar-refractivity contribution is -0.139. The van der Waals surface area contributed by atoms with E-state index in [-0.39, 0.29) is 22.9 Å². The number of ketones is 1. The highest BCUT2D eigenvalue weighted by atomic mass is 35.5. The number of amides is 1. The van der Waals surface area contributed by atoms with Crippen molar-refractivity contribution in [3.8, 4) is 11.5 Å². The van der Waals surface area contributed by atoms with Gasteiger partial charge in [0, 0.05) is 12.1 Å². The van der Waals surface area contributed by atoms with Gasteiger partial charge in [0.05, 0.1) is 35.9 Å². The van der Waals surface area contributed by atoms with Gasteiger partial charge in [-0.15, -0.1) is 0 Å². The van der Waals surface area contributed by atoms with Gasteiger partial charge in [0.2, 0.25) is 0 Å². The second kappa shape index (κ2) is 10.4. The molecule has 1 N–H and O–H groups in total. The molecule has 180 valence electrons. The number of methoxy groups -OCH3 is 2. The number of aliphatic hydroxyl groups excluding tert-OH is 1. The Morgan fingerprint density at radius 2 is 1.63 bits per heavy atom. The molecule has 0 aromatic heterocycles. The zero-order valence-corrected chi connectivity index (χ0v) is 20.6. The predicted octanol–water partition coefficient (Wildman–Crippen LogP) is 5.68. The van der Waals surface area contributed by atoms with Crippen LogP contribution in [0.4, 0.5) is 0 Å². The number of carbonyl (C=O) groups excluding carboxylic acids is 2. The molecule has 3 aromatic rings. The molecule has 1 atom stereocenters. The van der Waals surface area contributed by atoms with E-state index in [0.29, 0.717) is 34.1 Å². The smallest absolute Gasteiger partial charge is 0.295 e. The number of hydrogen-bond acceptors (Lipinski definition) is 5. The second-order valence-electron chi connectivity index (χ2n) is 7.97. The van der Waals surface area contributed by atoms with Gasteiger partial charge in [-0.25, -0.2) is 0 Å². The zero-order chi connectivity index (χ0) is 25.1. The Labute approximate surface area is 213 Å². The number of nitrogens with zero attached hydrogens (tertiary/aromatic N) is 1. The van der Waals surface area contributed by atoms with Gasteiger partial charge in [0.1, 0.15) is 5.76 Å². The Balaban J connectivity index is 1.73. The summed E-state index contributed by atoms with van der Waals surface area (Å²) in [5.74, 6) is -0.561. The van der Waals surface area contributed by atoms with Gasteiger partial charge in [0.15, 0.2) is 11.5 Å². The largest absolute Gasteiger partial charge is 0.507 e. The summed E-state index contributed by atoms with van der Waals surface area (Å²) in [6.45, 7) is 0.248. The van der Waals surface area contributed by atoms with Crippen molar-refractivity contribution in [1.29, 1.82) is 0 Å². The molecule has 1 fully saturated rings. The summed E-state index contributed by atoms with van der Waals surface area (Å²) in [7, 11) is 3.11. The molecule has 1 amide bonds. The molecule has 35 heavy (non-hydrogen) atoms. The Hall–Kier alpha value is -3.48. The molecule has 0 bridgehead atoms. The Morgan fingerprint density at radius 1 is 0.914 bits per heavy atom. The number of aliphatic hydroxyl groups is 1. The second-order valence-corrected chi connectivity index (χ2v) is 8.79. The average Bonchev–Trinajstić information content (AvgIpc) is 3.13. The first-order valence-electron chi connectivity index (χ1n) is 10.9. The first kappa shape index (κ1) is 24.6. The number of rotatable bonds is 7. The Bertz CT molecular complexity index is 1310. The van der Waals surface area contributed by atoms with E-state index in [1.54, 1.807) is 26.4 Å². The summed E-state index contributed by atoms with van der Waals surface area (Å²) >= 11 is 12.1. The van der Waals surface area contributed by atoms with Gasteiger partial charge < -0.3 is 19.5 Å². The van der Waals surface area contributed by atoms with Crippen molar-refractivity contribution in [3.63, 3.8) is 0 Å². The van der Waals surface area contributed by atoms with E-state index in [2.05, 4.69) is 0 Å². The van der Waals surface area contributed by atoms with Crippen molar-refractivity contribution in [3.05, 3.63) is 99.0 Å². The highest BCUT2D eigenvalue weighted by molar-refractivity contribution is 6.46. The van der Waals surface area contributed by atoms with Crippen LogP contribution in [0.3, 0.4) is 0 Å². The maximum absolute atomic E-state index is 13.2. The normalized spacial score (nSPS) is 17.0. The fourth-order valence-electron chi connectivity index (χ4n) is 4.18. The number of carbonyl (C=O) groups is 2. The van der Waals surface area contributed by atoms with E-state index in [1.807, 2.05) is 42.5 Å². The van der Waals surface area contributed by atoms with E-state index < -0.39 is 17.7 Å². The number of ether oxygens (including phenoxy) is 2. The Morgan fingerprint density at radius 3 is 2.29 bits per heavy atom. The quantitative estimate of drug-likeness (QED) is 0.251. The van der Waals surface area contributed by atoms with Crippen molar-refractivity contribution in [2.24, 2.45) is 0 Å². The number of halogens is 2. The first-order chi connectivity index (χ1) is 16.8. The maximum atomic E-state index is 13.2. The molecule has 1 heterocycles. The molecule has 3 aromatic carbocycles. The minimum absolute atomic E-state index is 0.00639. The average molecular weight is 512 g/mol. The van der Waals surface area contributed by atoms with Crippen LogP contribution in [0.25, 0.3) is 5.76 Å². The molecule has 6 nitrogen and oxygen atoms in total. The van der Waals surface area contributed by atoms with Crippen LogP contribution in [-0.2, 0) is 16.0 Å². The van der Waals surface area contributed by atoms with E-state index >= 15 is 0 Å². The van der Waals surface area contributed by atoms with Crippen LogP contribution in [0, 0.1) is 0 Å². The van der Waals surface area contributed by atoms with Crippen molar-refractivity contribution in [1.82, 2.24) is 4.90 Å².